The van der Waals surface area contributed by atoms with Crippen molar-refractivity contribution in [3.05, 3.63) is 47.9 Å². The number of pyridine rings is 1. The van der Waals surface area contributed by atoms with E-state index in [1.165, 1.54) is 0 Å². The molecule has 1 aliphatic carbocycles. The molecule has 1 saturated carbocycles. The summed E-state index contributed by atoms with van der Waals surface area (Å²) in [7, 11) is 0. The van der Waals surface area contributed by atoms with Crippen molar-refractivity contribution in [1.82, 2.24) is 19.9 Å². The minimum absolute atomic E-state index is 0.0350. The SMILES string of the molecule is CCc1cccc2cc(O)cc(-c3ncc4c(N5CCOCC(C)(O)C5)nc(OCC56CCCC5N(C5CC(C)OC(C)C5)CCC6)nc4c3F)c12. The summed E-state index contributed by atoms with van der Waals surface area (Å²) in [6.07, 6.45) is 10.5. The maximum Gasteiger partial charge on any atom is 0.319 e. The van der Waals surface area contributed by atoms with Crippen LogP contribution < -0.4 is 9.64 Å². The number of ether oxygens (including phenoxy) is 3. The van der Waals surface area contributed by atoms with E-state index in [0.29, 0.717) is 48.6 Å². The molecule has 2 aromatic heterocycles. The van der Waals surface area contributed by atoms with Gasteiger partial charge in [-0.1, -0.05) is 31.5 Å². The Hall–Kier alpha value is -3.64. The molecule has 11 heteroatoms. The molecule has 4 aromatic rings. The third kappa shape index (κ3) is 6.58. The number of halogens is 1. The number of anilines is 1. The van der Waals surface area contributed by atoms with Crippen molar-refractivity contribution >= 4 is 27.5 Å². The normalized spacial score (nSPS) is 30.1. The molecule has 5 unspecified atom stereocenters. The molecule has 278 valence electrons. The van der Waals surface area contributed by atoms with Crippen molar-refractivity contribution < 1.29 is 28.8 Å². The molecule has 5 heterocycles. The predicted molar refractivity (Wildman–Crippen MR) is 199 cm³/mol. The maximum absolute atomic E-state index is 17.1. The zero-order chi connectivity index (χ0) is 36.2. The summed E-state index contributed by atoms with van der Waals surface area (Å²) in [4.78, 5) is 19.1. The Balaban J connectivity index is 1.20. The molecule has 3 saturated heterocycles. The summed E-state index contributed by atoms with van der Waals surface area (Å²) in [5.41, 5.74) is 0.556. The Bertz CT molecular complexity index is 1950. The number of phenols is 1. The van der Waals surface area contributed by atoms with E-state index >= 15 is 4.39 Å². The molecule has 0 bridgehead atoms. The molecular formula is C41H52FN5O5. The van der Waals surface area contributed by atoms with Crippen LogP contribution in [0.5, 0.6) is 11.8 Å². The van der Waals surface area contributed by atoms with Crippen LogP contribution in [0.2, 0.25) is 0 Å². The predicted octanol–water partition coefficient (Wildman–Crippen LogP) is 6.81. The smallest absolute Gasteiger partial charge is 0.319 e. The number of hydrogen-bond acceptors (Lipinski definition) is 10. The van der Waals surface area contributed by atoms with Gasteiger partial charge >= 0.3 is 6.01 Å². The number of benzene rings is 2. The summed E-state index contributed by atoms with van der Waals surface area (Å²) in [6.45, 7) is 11.0. The van der Waals surface area contributed by atoms with Crippen molar-refractivity contribution in [2.24, 2.45) is 5.41 Å². The average molecular weight is 714 g/mol. The quantitative estimate of drug-likeness (QED) is 0.212. The van der Waals surface area contributed by atoms with E-state index in [9.17, 15) is 10.2 Å². The second-order valence-corrected chi connectivity index (χ2v) is 16.1. The first-order chi connectivity index (χ1) is 25.0. The monoisotopic (exact) mass is 713 g/mol. The highest BCUT2D eigenvalue weighted by atomic mass is 19.1. The van der Waals surface area contributed by atoms with E-state index in [1.54, 1.807) is 25.3 Å². The zero-order valence-corrected chi connectivity index (χ0v) is 30.9. The van der Waals surface area contributed by atoms with Gasteiger partial charge in [0.25, 0.3) is 0 Å². The van der Waals surface area contributed by atoms with Gasteiger partial charge in [0, 0.05) is 35.8 Å². The number of rotatable bonds is 7. The number of fused-ring (bicyclic) bond motifs is 3. The molecule has 8 rings (SSSR count). The van der Waals surface area contributed by atoms with Gasteiger partial charge in [-0.15, -0.1) is 0 Å². The second-order valence-electron chi connectivity index (χ2n) is 16.1. The third-order valence-electron chi connectivity index (χ3n) is 12.1. The van der Waals surface area contributed by atoms with Crippen LogP contribution in [0.4, 0.5) is 10.2 Å². The van der Waals surface area contributed by atoms with Crippen LogP contribution in [0.25, 0.3) is 32.9 Å². The highest BCUT2D eigenvalue weighted by Crippen LogP contribution is 2.50. The molecule has 2 aromatic carbocycles. The van der Waals surface area contributed by atoms with Gasteiger partial charge in [0.2, 0.25) is 0 Å². The van der Waals surface area contributed by atoms with Gasteiger partial charge in [-0.05, 0) is 101 Å². The fourth-order valence-corrected chi connectivity index (χ4v) is 9.90. The van der Waals surface area contributed by atoms with Crippen LogP contribution in [0.15, 0.2) is 36.5 Å². The third-order valence-corrected chi connectivity index (χ3v) is 12.1. The Labute approximate surface area is 305 Å². The van der Waals surface area contributed by atoms with Gasteiger partial charge in [0.1, 0.15) is 28.4 Å². The summed E-state index contributed by atoms with van der Waals surface area (Å²) >= 11 is 0. The molecule has 3 aliphatic heterocycles. The van der Waals surface area contributed by atoms with Crippen LogP contribution in [0.3, 0.4) is 0 Å². The molecule has 2 N–H and O–H groups in total. The fourth-order valence-electron chi connectivity index (χ4n) is 9.90. The van der Waals surface area contributed by atoms with Crippen LogP contribution in [0.1, 0.15) is 78.2 Å². The topological polar surface area (TPSA) is 113 Å². The van der Waals surface area contributed by atoms with Crippen molar-refractivity contribution in [1.29, 1.82) is 0 Å². The van der Waals surface area contributed by atoms with E-state index in [-0.39, 0.29) is 53.7 Å². The standard InChI is InChI=1S/C41H52FN5O5/c1-5-27-9-6-10-28-19-30(48)20-31(34(27)28)36-35(42)37-32(21-43-36)38(46-15-16-50-23-40(4,49)22-46)45-39(44-37)51-24-41-12-7-11-33(41)47(14-8-13-41)29-17-25(2)52-26(3)18-29/h6,9-10,19-21,25-26,29,33,48-49H,5,7-8,11-18,22-24H2,1-4H3. The Kier molecular flexibility index (Phi) is 9.51. The van der Waals surface area contributed by atoms with E-state index in [1.807, 2.05) is 23.1 Å². The van der Waals surface area contributed by atoms with Gasteiger partial charge in [0.15, 0.2) is 5.82 Å². The lowest BCUT2D eigenvalue weighted by molar-refractivity contribution is -0.0967. The number of aromatic nitrogens is 3. The lowest BCUT2D eigenvalue weighted by atomic mass is 9.74. The maximum atomic E-state index is 17.1. The zero-order valence-electron chi connectivity index (χ0n) is 30.9. The summed E-state index contributed by atoms with van der Waals surface area (Å²) < 4.78 is 35.6. The number of likely N-dealkylation sites (tertiary alicyclic amines) is 1. The molecule has 5 atom stereocenters. The molecular weight excluding hydrogens is 661 g/mol. The number of hydrogen-bond donors (Lipinski definition) is 2. The first-order valence-corrected chi connectivity index (χ1v) is 19.2. The molecule has 0 amide bonds. The molecule has 4 fully saturated rings. The van der Waals surface area contributed by atoms with E-state index in [4.69, 9.17) is 24.2 Å². The number of aromatic hydroxyl groups is 1. The highest BCUT2D eigenvalue weighted by molar-refractivity contribution is 6.01. The number of piperidine rings is 1. The number of phenolic OH excluding ortho intramolecular Hbond substituents is 1. The Morgan fingerprint density at radius 2 is 1.88 bits per heavy atom. The lowest BCUT2D eigenvalue weighted by Gasteiger charge is -2.51. The van der Waals surface area contributed by atoms with E-state index < -0.39 is 11.4 Å². The minimum atomic E-state index is -1.14. The Morgan fingerprint density at radius 3 is 2.69 bits per heavy atom. The molecule has 52 heavy (non-hydrogen) atoms. The van der Waals surface area contributed by atoms with Crippen molar-refractivity contribution in [2.45, 2.75) is 109 Å². The summed E-state index contributed by atoms with van der Waals surface area (Å²) in [5.74, 6) is -0.118. The van der Waals surface area contributed by atoms with Crippen LogP contribution in [-0.2, 0) is 15.9 Å². The first kappa shape index (κ1) is 35.4. The number of aryl methyl sites for hydroxylation is 1. The first-order valence-electron chi connectivity index (χ1n) is 19.2. The number of aliphatic hydroxyl groups is 1. The van der Waals surface area contributed by atoms with Crippen LogP contribution >= 0.6 is 0 Å². The van der Waals surface area contributed by atoms with E-state index in [2.05, 4.69) is 30.7 Å². The number of nitrogens with zero attached hydrogens (tertiary/aromatic N) is 5. The average Bonchev–Trinajstić information content (AvgIpc) is 3.46. The van der Waals surface area contributed by atoms with Gasteiger partial charge in [-0.25, -0.2) is 4.39 Å². The van der Waals surface area contributed by atoms with Crippen molar-refractivity contribution in [2.75, 3.05) is 44.4 Å². The van der Waals surface area contributed by atoms with E-state index in [0.717, 1.165) is 74.2 Å². The van der Waals surface area contributed by atoms with Crippen LogP contribution in [-0.4, -0.2) is 99.4 Å². The lowest BCUT2D eigenvalue weighted by Crippen LogP contribution is -2.57. The summed E-state index contributed by atoms with van der Waals surface area (Å²) in [6, 6.07) is 10.2. The largest absolute Gasteiger partial charge is 0.508 e. The highest BCUT2D eigenvalue weighted by Gasteiger charge is 2.50. The van der Waals surface area contributed by atoms with Gasteiger partial charge in [-0.3, -0.25) is 9.88 Å². The number of β-amino-alcohol motifs (C(OH)–C–C–N with tert-alkyl or cyclic N) is 1. The molecule has 0 spiro atoms. The minimum Gasteiger partial charge on any atom is -0.508 e. The van der Waals surface area contributed by atoms with Gasteiger partial charge < -0.3 is 29.3 Å². The molecule has 0 radical (unpaired) electrons. The summed E-state index contributed by atoms with van der Waals surface area (Å²) in [5, 5.41) is 23.9. The van der Waals surface area contributed by atoms with Gasteiger partial charge in [0.05, 0.1) is 44.0 Å². The van der Waals surface area contributed by atoms with Crippen LogP contribution in [0, 0.1) is 11.2 Å². The second kappa shape index (κ2) is 14.0. The van der Waals surface area contributed by atoms with Crippen molar-refractivity contribution in [3.8, 4) is 23.0 Å². The van der Waals surface area contributed by atoms with Gasteiger partial charge in [-0.2, -0.15) is 9.97 Å². The molecule has 10 nitrogen and oxygen atoms in total. The molecule has 4 aliphatic rings. The fraction of sp³-hybridized carbons (Fsp3) is 0.585. The van der Waals surface area contributed by atoms with Crippen molar-refractivity contribution in [3.63, 3.8) is 0 Å². The Morgan fingerprint density at radius 1 is 1.08 bits per heavy atom.